The highest BCUT2D eigenvalue weighted by Gasteiger charge is 2.25. The van der Waals surface area contributed by atoms with Crippen molar-refractivity contribution in [1.82, 2.24) is 10.3 Å². The molecule has 1 aromatic rings. The summed E-state index contributed by atoms with van der Waals surface area (Å²) in [5, 5.41) is 3.03. The number of esters is 1. The van der Waals surface area contributed by atoms with Crippen LogP contribution >= 0.6 is 11.6 Å². The summed E-state index contributed by atoms with van der Waals surface area (Å²) in [6.07, 6.45) is 1.50. The minimum Gasteiger partial charge on any atom is -0.467 e. The van der Waals surface area contributed by atoms with E-state index >= 15 is 0 Å². The average molecular weight is 259 g/mol. The van der Waals surface area contributed by atoms with E-state index in [9.17, 15) is 9.59 Å². The fourth-order valence-corrected chi connectivity index (χ4v) is 1.51. The zero-order valence-corrected chi connectivity index (χ0v) is 10.7. The molecule has 2 N–H and O–H groups in total. The van der Waals surface area contributed by atoms with Crippen LogP contribution in [0.5, 0.6) is 0 Å². The van der Waals surface area contributed by atoms with E-state index in [1.54, 1.807) is 0 Å². The predicted octanol–water partition coefficient (Wildman–Crippen LogP) is 1.60. The first-order valence-electron chi connectivity index (χ1n) is 5.18. The number of amides is 1. The van der Waals surface area contributed by atoms with Crippen LogP contribution in [0.25, 0.3) is 0 Å². The van der Waals surface area contributed by atoms with E-state index in [1.807, 2.05) is 13.8 Å². The Morgan fingerprint density at radius 3 is 2.53 bits per heavy atom. The summed E-state index contributed by atoms with van der Waals surface area (Å²) in [6.45, 7) is 3.65. The summed E-state index contributed by atoms with van der Waals surface area (Å²) in [7, 11) is 1.29. The van der Waals surface area contributed by atoms with Crippen molar-refractivity contribution < 1.29 is 14.3 Å². The average Bonchev–Trinajstić information content (AvgIpc) is 2.71. The van der Waals surface area contributed by atoms with E-state index in [4.69, 9.17) is 11.6 Å². The van der Waals surface area contributed by atoms with Crippen molar-refractivity contribution in [3.8, 4) is 0 Å². The molecular formula is C11H15ClN2O3. The second kappa shape index (κ2) is 5.72. The molecule has 1 amide bonds. The number of carbonyl (C=O) groups excluding carboxylic acids is 2. The van der Waals surface area contributed by atoms with Gasteiger partial charge in [-0.1, -0.05) is 25.4 Å². The molecule has 1 aromatic heterocycles. The summed E-state index contributed by atoms with van der Waals surface area (Å²) < 4.78 is 4.63. The zero-order valence-electron chi connectivity index (χ0n) is 9.91. The summed E-state index contributed by atoms with van der Waals surface area (Å²) in [5.41, 5.74) is 0.310. The maximum absolute atomic E-state index is 11.8. The van der Waals surface area contributed by atoms with Gasteiger partial charge in [0.1, 0.15) is 11.7 Å². The van der Waals surface area contributed by atoms with E-state index < -0.39 is 12.0 Å². The van der Waals surface area contributed by atoms with Gasteiger partial charge in [-0.3, -0.25) is 4.79 Å². The molecule has 0 aliphatic rings. The number of methoxy groups -OCH3 is 1. The van der Waals surface area contributed by atoms with Crippen molar-refractivity contribution >= 4 is 23.5 Å². The van der Waals surface area contributed by atoms with Gasteiger partial charge < -0.3 is 15.0 Å². The number of rotatable bonds is 4. The molecule has 0 saturated heterocycles. The molecule has 1 rings (SSSR count). The molecule has 17 heavy (non-hydrogen) atoms. The fourth-order valence-electron chi connectivity index (χ4n) is 1.34. The lowest BCUT2D eigenvalue weighted by Gasteiger charge is -2.19. The van der Waals surface area contributed by atoms with E-state index in [2.05, 4.69) is 15.0 Å². The summed E-state index contributed by atoms with van der Waals surface area (Å²) >= 11 is 5.69. The normalized spacial score (nSPS) is 12.3. The molecule has 1 atom stereocenters. The molecular weight excluding hydrogens is 244 g/mol. The van der Waals surface area contributed by atoms with Crippen molar-refractivity contribution in [2.75, 3.05) is 7.11 Å². The van der Waals surface area contributed by atoms with Crippen molar-refractivity contribution in [1.29, 1.82) is 0 Å². The third-order valence-electron chi connectivity index (χ3n) is 2.30. The second-order valence-corrected chi connectivity index (χ2v) is 4.39. The Labute approximate surface area is 104 Å². The van der Waals surface area contributed by atoms with Gasteiger partial charge in [0.15, 0.2) is 0 Å². The van der Waals surface area contributed by atoms with Gasteiger partial charge in [-0.2, -0.15) is 0 Å². The Hall–Kier alpha value is -1.49. The van der Waals surface area contributed by atoms with E-state index in [1.165, 1.54) is 19.4 Å². The molecule has 0 aliphatic heterocycles. The number of carbonyl (C=O) groups is 2. The molecule has 0 aromatic carbocycles. The molecule has 6 heteroatoms. The molecule has 1 unspecified atom stereocenters. The van der Waals surface area contributed by atoms with Crippen LogP contribution in [0.15, 0.2) is 12.3 Å². The quantitative estimate of drug-likeness (QED) is 0.806. The molecule has 0 radical (unpaired) electrons. The third-order valence-corrected chi connectivity index (χ3v) is 2.52. The van der Waals surface area contributed by atoms with Crippen LogP contribution in [0.2, 0.25) is 5.02 Å². The zero-order chi connectivity index (χ0) is 13.0. The number of hydrogen-bond acceptors (Lipinski definition) is 3. The minimum absolute atomic E-state index is 0.0585. The number of ether oxygens (including phenoxy) is 1. The number of aromatic nitrogens is 1. The predicted molar refractivity (Wildman–Crippen MR) is 63.9 cm³/mol. The number of hydrogen-bond donors (Lipinski definition) is 2. The van der Waals surface area contributed by atoms with Gasteiger partial charge >= 0.3 is 5.97 Å². The lowest BCUT2D eigenvalue weighted by molar-refractivity contribution is -0.144. The first-order valence-corrected chi connectivity index (χ1v) is 5.56. The Bertz CT molecular complexity index is 415. The SMILES string of the molecule is COC(=O)C(NC(=O)c1cc(Cl)c[nH]1)C(C)C. The number of halogens is 1. The van der Waals surface area contributed by atoms with Crippen molar-refractivity contribution in [3.05, 3.63) is 23.0 Å². The van der Waals surface area contributed by atoms with Crippen LogP contribution < -0.4 is 5.32 Å². The van der Waals surface area contributed by atoms with Gasteiger partial charge in [0.2, 0.25) is 0 Å². The Morgan fingerprint density at radius 1 is 1.47 bits per heavy atom. The van der Waals surface area contributed by atoms with Gasteiger partial charge in [0.25, 0.3) is 5.91 Å². The molecule has 5 nitrogen and oxygen atoms in total. The van der Waals surface area contributed by atoms with Gasteiger partial charge in [-0.25, -0.2) is 4.79 Å². The van der Waals surface area contributed by atoms with Gasteiger partial charge in [0, 0.05) is 6.20 Å². The summed E-state index contributed by atoms with van der Waals surface area (Å²) in [6, 6.07) is 0.820. The number of H-pyrrole nitrogens is 1. The fraction of sp³-hybridized carbons (Fsp3) is 0.455. The van der Waals surface area contributed by atoms with Crippen LogP contribution in [0, 0.1) is 5.92 Å². The molecule has 0 fully saturated rings. The van der Waals surface area contributed by atoms with E-state index in [0.717, 1.165) is 0 Å². The number of aromatic amines is 1. The van der Waals surface area contributed by atoms with Crippen LogP contribution in [0.3, 0.4) is 0 Å². The first kappa shape index (κ1) is 13.6. The van der Waals surface area contributed by atoms with Crippen LogP contribution in [0.4, 0.5) is 0 Å². The van der Waals surface area contributed by atoms with E-state index in [-0.39, 0.29) is 11.8 Å². The van der Waals surface area contributed by atoms with Crippen molar-refractivity contribution in [2.24, 2.45) is 5.92 Å². The highest BCUT2D eigenvalue weighted by molar-refractivity contribution is 6.30. The summed E-state index contributed by atoms with van der Waals surface area (Å²) in [5.74, 6) is -0.913. The highest BCUT2D eigenvalue weighted by Crippen LogP contribution is 2.10. The topological polar surface area (TPSA) is 71.2 Å². The Morgan fingerprint density at radius 2 is 2.12 bits per heavy atom. The van der Waals surface area contributed by atoms with Gasteiger partial charge in [-0.05, 0) is 12.0 Å². The molecule has 94 valence electrons. The lowest BCUT2D eigenvalue weighted by Crippen LogP contribution is -2.45. The van der Waals surface area contributed by atoms with Crippen molar-refractivity contribution in [2.45, 2.75) is 19.9 Å². The Balaban J connectivity index is 2.74. The van der Waals surface area contributed by atoms with Gasteiger partial charge in [-0.15, -0.1) is 0 Å². The lowest BCUT2D eigenvalue weighted by atomic mass is 10.0. The monoisotopic (exact) mass is 258 g/mol. The molecule has 0 spiro atoms. The standard InChI is InChI=1S/C11H15ClN2O3/c1-6(2)9(11(16)17-3)14-10(15)8-4-7(12)5-13-8/h4-6,9,13H,1-3H3,(H,14,15). The smallest absolute Gasteiger partial charge is 0.328 e. The van der Waals surface area contributed by atoms with E-state index in [0.29, 0.717) is 10.7 Å². The third kappa shape index (κ3) is 3.49. The van der Waals surface area contributed by atoms with Crippen molar-refractivity contribution in [3.63, 3.8) is 0 Å². The summed E-state index contributed by atoms with van der Waals surface area (Å²) in [4.78, 5) is 25.9. The number of nitrogens with one attached hydrogen (secondary N) is 2. The molecule has 0 bridgehead atoms. The maximum Gasteiger partial charge on any atom is 0.328 e. The van der Waals surface area contributed by atoms with Crippen LogP contribution in [0.1, 0.15) is 24.3 Å². The first-order chi connectivity index (χ1) is 7.95. The van der Waals surface area contributed by atoms with Gasteiger partial charge in [0.05, 0.1) is 12.1 Å². The maximum atomic E-state index is 11.8. The minimum atomic E-state index is -0.672. The Kier molecular flexibility index (Phi) is 4.57. The molecule has 1 heterocycles. The van der Waals surface area contributed by atoms with Crippen LogP contribution in [-0.4, -0.2) is 30.0 Å². The largest absolute Gasteiger partial charge is 0.467 e. The second-order valence-electron chi connectivity index (χ2n) is 3.95. The van der Waals surface area contributed by atoms with Crippen LogP contribution in [-0.2, 0) is 9.53 Å². The molecule has 0 saturated carbocycles. The highest BCUT2D eigenvalue weighted by atomic mass is 35.5. The molecule has 0 aliphatic carbocycles.